The minimum atomic E-state index is 0.283. The van der Waals surface area contributed by atoms with Crippen LogP contribution in [0.2, 0.25) is 0 Å². The van der Waals surface area contributed by atoms with Gasteiger partial charge in [-0.2, -0.15) is 0 Å². The quantitative estimate of drug-likeness (QED) is 0.892. The first-order chi connectivity index (χ1) is 8.58. The molecule has 0 saturated heterocycles. The molecule has 2 aromatic rings. The van der Waals surface area contributed by atoms with E-state index in [1.54, 1.807) is 11.3 Å². The third-order valence-electron chi connectivity index (χ3n) is 3.15. The second-order valence-corrected chi connectivity index (χ2v) is 6.10. The fraction of sp³-hybridized carbons (Fsp3) is 0.400. The number of benzene rings is 1. The Kier molecular flexibility index (Phi) is 4.15. The van der Waals surface area contributed by atoms with E-state index >= 15 is 0 Å². The van der Waals surface area contributed by atoms with Crippen molar-refractivity contribution in [1.82, 2.24) is 10.3 Å². The van der Waals surface area contributed by atoms with E-state index in [4.69, 9.17) is 0 Å². The molecule has 0 bridgehead atoms. The van der Waals surface area contributed by atoms with E-state index in [1.165, 1.54) is 16.1 Å². The molecule has 1 heterocycles. The molecule has 1 aromatic carbocycles. The first-order valence-corrected chi connectivity index (χ1v) is 7.14. The molecular weight excluding hydrogens is 240 g/mol. The summed E-state index contributed by atoms with van der Waals surface area (Å²) in [5.74, 6) is 0. The SMILES string of the molecule is Cc1nc(C(C)NC(C)c2ccccc2)c(C)s1. The molecule has 0 aliphatic heterocycles. The van der Waals surface area contributed by atoms with E-state index in [-0.39, 0.29) is 6.04 Å². The lowest BCUT2D eigenvalue weighted by atomic mass is 10.1. The summed E-state index contributed by atoms with van der Waals surface area (Å²) in [7, 11) is 0. The Bertz CT molecular complexity index is 504. The van der Waals surface area contributed by atoms with Crippen molar-refractivity contribution in [2.24, 2.45) is 0 Å². The molecule has 0 aliphatic rings. The summed E-state index contributed by atoms with van der Waals surface area (Å²) in [4.78, 5) is 5.93. The Morgan fingerprint density at radius 3 is 2.28 bits per heavy atom. The number of hydrogen-bond acceptors (Lipinski definition) is 3. The van der Waals surface area contributed by atoms with Crippen molar-refractivity contribution in [2.45, 2.75) is 39.8 Å². The molecule has 2 atom stereocenters. The zero-order valence-electron chi connectivity index (χ0n) is 11.4. The summed E-state index contributed by atoms with van der Waals surface area (Å²) in [6, 6.07) is 11.1. The van der Waals surface area contributed by atoms with E-state index in [9.17, 15) is 0 Å². The average molecular weight is 260 g/mol. The fourth-order valence-electron chi connectivity index (χ4n) is 2.24. The standard InChI is InChI=1S/C15H20N2S/c1-10(14-8-6-5-7-9-14)16-11(2)15-12(3)18-13(4)17-15/h5-11,16H,1-4H3. The van der Waals surface area contributed by atoms with E-state index in [1.807, 2.05) is 6.07 Å². The van der Waals surface area contributed by atoms with Gasteiger partial charge in [0.15, 0.2) is 0 Å². The average Bonchev–Trinajstić information content (AvgIpc) is 2.69. The minimum absolute atomic E-state index is 0.283. The molecule has 0 spiro atoms. The summed E-state index contributed by atoms with van der Waals surface area (Å²) in [5.41, 5.74) is 2.49. The molecule has 1 N–H and O–H groups in total. The smallest absolute Gasteiger partial charge is 0.0900 e. The van der Waals surface area contributed by atoms with Crippen molar-refractivity contribution < 1.29 is 0 Å². The molecule has 0 aliphatic carbocycles. The van der Waals surface area contributed by atoms with Crippen LogP contribution in [0.5, 0.6) is 0 Å². The lowest BCUT2D eigenvalue weighted by molar-refractivity contribution is 0.486. The molecule has 3 heteroatoms. The summed E-state index contributed by atoms with van der Waals surface area (Å²) < 4.78 is 0. The van der Waals surface area contributed by atoms with Gasteiger partial charge in [-0.3, -0.25) is 0 Å². The van der Waals surface area contributed by atoms with E-state index in [2.05, 4.69) is 62.3 Å². The highest BCUT2D eigenvalue weighted by molar-refractivity contribution is 7.11. The summed E-state index contributed by atoms with van der Waals surface area (Å²) in [5, 5.41) is 4.75. The zero-order chi connectivity index (χ0) is 13.1. The summed E-state index contributed by atoms with van der Waals surface area (Å²) in [6.07, 6.45) is 0. The number of aryl methyl sites for hydroxylation is 2. The van der Waals surface area contributed by atoms with Crippen LogP contribution >= 0.6 is 11.3 Å². The van der Waals surface area contributed by atoms with Gasteiger partial charge in [0.05, 0.1) is 10.7 Å². The Balaban J connectivity index is 2.08. The molecule has 0 radical (unpaired) electrons. The van der Waals surface area contributed by atoms with Crippen LogP contribution in [-0.2, 0) is 0 Å². The van der Waals surface area contributed by atoms with Crippen molar-refractivity contribution in [1.29, 1.82) is 0 Å². The monoisotopic (exact) mass is 260 g/mol. The van der Waals surface area contributed by atoms with Crippen molar-refractivity contribution in [2.75, 3.05) is 0 Å². The van der Waals surface area contributed by atoms with Crippen LogP contribution in [0.3, 0.4) is 0 Å². The van der Waals surface area contributed by atoms with Gasteiger partial charge in [-0.05, 0) is 33.3 Å². The maximum atomic E-state index is 4.61. The molecule has 0 amide bonds. The summed E-state index contributed by atoms with van der Waals surface area (Å²) in [6.45, 7) is 8.58. The van der Waals surface area contributed by atoms with Crippen LogP contribution < -0.4 is 5.32 Å². The largest absolute Gasteiger partial charge is 0.302 e. The van der Waals surface area contributed by atoms with Crippen molar-refractivity contribution in [3.05, 3.63) is 51.5 Å². The minimum Gasteiger partial charge on any atom is -0.302 e. The Hall–Kier alpha value is -1.19. The third-order valence-corrected chi connectivity index (χ3v) is 4.05. The van der Waals surface area contributed by atoms with E-state index in [0.29, 0.717) is 6.04 Å². The Morgan fingerprint density at radius 2 is 1.72 bits per heavy atom. The van der Waals surface area contributed by atoms with Gasteiger partial charge in [-0.1, -0.05) is 30.3 Å². The number of nitrogens with zero attached hydrogens (tertiary/aromatic N) is 1. The van der Waals surface area contributed by atoms with E-state index in [0.717, 1.165) is 5.01 Å². The van der Waals surface area contributed by atoms with Gasteiger partial charge < -0.3 is 5.32 Å². The molecule has 96 valence electrons. The van der Waals surface area contributed by atoms with Gasteiger partial charge in [0, 0.05) is 17.0 Å². The zero-order valence-corrected chi connectivity index (χ0v) is 12.2. The van der Waals surface area contributed by atoms with Crippen LogP contribution in [0.4, 0.5) is 0 Å². The van der Waals surface area contributed by atoms with Gasteiger partial charge in [0.1, 0.15) is 0 Å². The van der Waals surface area contributed by atoms with Crippen LogP contribution in [0.15, 0.2) is 30.3 Å². The first kappa shape index (κ1) is 13.2. The van der Waals surface area contributed by atoms with Gasteiger partial charge in [0.2, 0.25) is 0 Å². The number of aromatic nitrogens is 1. The lowest BCUT2D eigenvalue weighted by Gasteiger charge is -2.19. The Morgan fingerprint density at radius 1 is 1.06 bits per heavy atom. The van der Waals surface area contributed by atoms with Crippen LogP contribution in [-0.4, -0.2) is 4.98 Å². The van der Waals surface area contributed by atoms with Crippen LogP contribution in [0.1, 0.15) is 47.1 Å². The number of hydrogen-bond donors (Lipinski definition) is 1. The molecule has 2 unspecified atom stereocenters. The highest BCUT2D eigenvalue weighted by Gasteiger charge is 2.15. The van der Waals surface area contributed by atoms with Crippen molar-refractivity contribution in [3.8, 4) is 0 Å². The predicted molar refractivity (Wildman–Crippen MR) is 78.0 cm³/mol. The second kappa shape index (κ2) is 5.63. The predicted octanol–water partition coefficient (Wildman–Crippen LogP) is 4.17. The normalized spacial score (nSPS) is 14.4. The lowest BCUT2D eigenvalue weighted by Crippen LogP contribution is -2.23. The van der Waals surface area contributed by atoms with E-state index < -0.39 is 0 Å². The highest BCUT2D eigenvalue weighted by Crippen LogP contribution is 2.24. The first-order valence-electron chi connectivity index (χ1n) is 6.33. The molecular formula is C15H20N2S. The number of rotatable bonds is 4. The molecule has 2 nitrogen and oxygen atoms in total. The third kappa shape index (κ3) is 2.98. The van der Waals surface area contributed by atoms with Gasteiger partial charge >= 0.3 is 0 Å². The summed E-state index contributed by atoms with van der Waals surface area (Å²) >= 11 is 1.77. The molecule has 2 rings (SSSR count). The maximum absolute atomic E-state index is 4.61. The van der Waals surface area contributed by atoms with Crippen LogP contribution in [0, 0.1) is 13.8 Å². The highest BCUT2D eigenvalue weighted by atomic mass is 32.1. The molecule has 1 aromatic heterocycles. The molecule has 0 saturated carbocycles. The fourth-order valence-corrected chi connectivity index (χ4v) is 3.15. The number of nitrogens with one attached hydrogen (secondary N) is 1. The van der Waals surface area contributed by atoms with Crippen molar-refractivity contribution >= 4 is 11.3 Å². The molecule has 0 fully saturated rings. The Labute approximate surface area is 113 Å². The number of thiazole rings is 1. The van der Waals surface area contributed by atoms with Crippen molar-refractivity contribution in [3.63, 3.8) is 0 Å². The molecule has 18 heavy (non-hydrogen) atoms. The topological polar surface area (TPSA) is 24.9 Å². The van der Waals surface area contributed by atoms with Gasteiger partial charge in [-0.15, -0.1) is 11.3 Å². The second-order valence-electron chi connectivity index (χ2n) is 4.70. The van der Waals surface area contributed by atoms with Gasteiger partial charge in [0.25, 0.3) is 0 Å². The van der Waals surface area contributed by atoms with Gasteiger partial charge in [-0.25, -0.2) is 4.98 Å². The maximum Gasteiger partial charge on any atom is 0.0900 e. The van der Waals surface area contributed by atoms with Crippen LogP contribution in [0.25, 0.3) is 0 Å².